The number of ether oxygens (including phenoxy) is 1. The van der Waals surface area contributed by atoms with Crippen LogP contribution in [0.4, 0.5) is 0 Å². The van der Waals surface area contributed by atoms with E-state index in [-0.39, 0.29) is 13.2 Å². The molecule has 1 atom stereocenters. The summed E-state index contributed by atoms with van der Waals surface area (Å²) >= 11 is 0. The van der Waals surface area contributed by atoms with Gasteiger partial charge in [-0.15, -0.1) is 10.2 Å². The van der Waals surface area contributed by atoms with E-state index in [9.17, 15) is 9.90 Å². The number of carbonyl (C=O) groups excluding carboxylic acids is 1. The van der Waals surface area contributed by atoms with Gasteiger partial charge in [0.1, 0.15) is 18.5 Å². The van der Waals surface area contributed by atoms with Crippen molar-refractivity contribution in [3.05, 3.63) is 59.7 Å². The monoisotopic (exact) mass is 381 g/mol. The first-order chi connectivity index (χ1) is 13.4. The predicted molar refractivity (Wildman–Crippen MR) is 104 cm³/mol. The molecule has 8 nitrogen and oxygen atoms in total. The van der Waals surface area contributed by atoms with Crippen LogP contribution < -0.4 is 10.5 Å². The highest BCUT2D eigenvalue weighted by Gasteiger charge is 2.13. The Bertz CT molecular complexity index is 937. The van der Waals surface area contributed by atoms with Crippen molar-refractivity contribution in [2.24, 2.45) is 5.73 Å². The first-order valence-electron chi connectivity index (χ1n) is 9.02. The number of benzene rings is 2. The summed E-state index contributed by atoms with van der Waals surface area (Å²) in [6, 6.07) is 14.4. The molecule has 0 saturated carbocycles. The summed E-state index contributed by atoms with van der Waals surface area (Å²) in [6.07, 6.45) is -0.792. The van der Waals surface area contributed by atoms with Gasteiger partial charge in [0.25, 0.3) is 0 Å². The van der Waals surface area contributed by atoms with Crippen molar-refractivity contribution in [3.8, 4) is 17.1 Å². The highest BCUT2D eigenvalue weighted by atomic mass is 16.5. The number of amides is 1. The molecule has 0 saturated heterocycles. The molecule has 8 heteroatoms. The number of hydrogen-bond donors (Lipinski definition) is 2. The van der Waals surface area contributed by atoms with E-state index in [4.69, 9.17) is 10.5 Å². The van der Waals surface area contributed by atoms with Crippen LogP contribution in [0.15, 0.2) is 48.5 Å². The smallest absolute Gasteiger partial charge is 0.248 e. The summed E-state index contributed by atoms with van der Waals surface area (Å²) in [4.78, 5) is 12.5. The van der Waals surface area contributed by atoms with E-state index in [0.29, 0.717) is 22.9 Å². The molecule has 3 aromatic rings. The molecule has 0 radical (unpaired) electrons. The lowest BCUT2D eigenvalue weighted by atomic mass is 10.0. The van der Waals surface area contributed by atoms with Gasteiger partial charge in [0.05, 0.1) is 6.54 Å². The molecule has 146 valence electrons. The van der Waals surface area contributed by atoms with Crippen LogP contribution in [-0.4, -0.2) is 43.9 Å². The molecule has 2 aromatic carbocycles. The molecule has 28 heavy (non-hydrogen) atoms. The summed E-state index contributed by atoms with van der Waals surface area (Å²) in [5.74, 6) is 0.992. The zero-order valence-electron chi connectivity index (χ0n) is 15.8. The number of primary amides is 1. The van der Waals surface area contributed by atoms with Gasteiger partial charge >= 0.3 is 0 Å². The fourth-order valence-corrected chi connectivity index (χ4v) is 2.74. The number of para-hydroxylation sites is 1. The second-order valence-electron chi connectivity index (χ2n) is 6.77. The van der Waals surface area contributed by atoms with Crippen LogP contribution in [0.1, 0.15) is 35.7 Å². The van der Waals surface area contributed by atoms with Gasteiger partial charge in [0.15, 0.2) is 0 Å². The van der Waals surface area contributed by atoms with Crippen molar-refractivity contribution in [2.45, 2.75) is 32.4 Å². The van der Waals surface area contributed by atoms with Gasteiger partial charge in [0, 0.05) is 11.1 Å². The van der Waals surface area contributed by atoms with Crippen molar-refractivity contribution >= 4 is 5.91 Å². The van der Waals surface area contributed by atoms with Crippen LogP contribution in [0.2, 0.25) is 0 Å². The number of tetrazole rings is 1. The number of aliphatic hydroxyl groups is 1. The van der Waals surface area contributed by atoms with Gasteiger partial charge in [-0.2, -0.15) is 4.80 Å². The van der Waals surface area contributed by atoms with Gasteiger partial charge in [-0.3, -0.25) is 4.79 Å². The van der Waals surface area contributed by atoms with Crippen LogP contribution in [0, 0.1) is 0 Å². The van der Waals surface area contributed by atoms with Gasteiger partial charge in [0.2, 0.25) is 11.7 Å². The molecule has 0 aliphatic heterocycles. The SMILES string of the molecule is CC(C)c1ccccc1OC[C@H](O)Cn1nnc(-c2ccc(C(N)=O)cc2)n1. The van der Waals surface area contributed by atoms with Crippen LogP contribution in [0.3, 0.4) is 0 Å². The van der Waals surface area contributed by atoms with Crippen molar-refractivity contribution in [3.63, 3.8) is 0 Å². The second-order valence-corrected chi connectivity index (χ2v) is 6.77. The zero-order valence-corrected chi connectivity index (χ0v) is 15.8. The number of nitrogens with two attached hydrogens (primary N) is 1. The summed E-state index contributed by atoms with van der Waals surface area (Å²) < 4.78 is 5.78. The lowest BCUT2D eigenvalue weighted by molar-refractivity contribution is 0.0844. The predicted octanol–water partition coefficient (Wildman–Crippen LogP) is 2.00. The van der Waals surface area contributed by atoms with E-state index < -0.39 is 12.0 Å². The molecule has 0 aliphatic rings. The molecule has 1 amide bonds. The van der Waals surface area contributed by atoms with Crippen molar-refractivity contribution in [1.82, 2.24) is 20.2 Å². The molecule has 1 heterocycles. The average molecular weight is 381 g/mol. The van der Waals surface area contributed by atoms with Crippen LogP contribution in [0.25, 0.3) is 11.4 Å². The lowest BCUT2D eigenvalue weighted by Gasteiger charge is -2.16. The maximum atomic E-state index is 11.1. The Morgan fingerprint density at radius 2 is 1.89 bits per heavy atom. The quantitative estimate of drug-likeness (QED) is 0.616. The molecule has 0 unspecified atom stereocenters. The Labute approximate surface area is 162 Å². The Kier molecular flexibility index (Phi) is 6.00. The molecule has 0 fully saturated rings. The number of aliphatic hydroxyl groups excluding tert-OH is 1. The molecule has 3 N–H and O–H groups in total. The molecular weight excluding hydrogens is 358 g/mol. The third kappa shape index (κ3) is 4.72. The number of hydrogen-bond acceptors (Lipinski definition) is 6. The van der Waals surface area contributed by atoms with Gasteiger partial charge in [-0.1, -0.05) is 44.2 Å². The highest BCUT2D eigenvalue weighted by Crippen LogP contribution is 2.25. The van der Waals surface area contributed by atoms with E-state index in [1.807, 2.05) is 24.3 Å². The number of rotatable bonds is 8. The van der Waals surface area contributed by atoms with E-state index in [1.54, 1.807) is 24.3 Å². The average Bonchev–Trinajstić information content (AvgIpc) is 3.15. The summed E-state index contributed by atoms with van der Waals surface area (Å²) in [7, 11) is 0. The Morgan fingerprint density at radius 1 is 1.18 bits per heavy atom. The van der Waals surface area contributed by atoms with E-state index >= 15 is 0 Å². The maximum absolute atomic E-state index is 11.1. The normalized spacial score (nSPS) is 12.1. The lowest BCUT2D eigenvalue weighted by Crippen LogP contribution is -2.25. The fraction of sp³-hybridized carbons (Fsp3) is 0.300. The van der Waals surface area contributed by atoms with Crippen molar-refractivity contribution in [1.29, 1.82) is 0 Å². The molecular formula is C20H23N5O3. The van der Waals surface area contributed by atoms with Crippen molar-refractivity contribution < 1.29 is 14.6 Å². The summed E-state index contributed by atoms with van der Waals surface area (Å²) in [6.45, 7) is 4.45. The van der Waals surface area contributed by atoms with Gasteiger partial charge < -0.3 is 15.6 Å². The van der Waals surface area contributed by atoms with Gasteiger partial charge in [-0.05, 0) is 34.9 Å². The minimum atomic E-state index is -0.792. The Hall–Kier alpha value is -3.26. The zero-order chi connectivity index (χ0) is 20.1. The number of nitrogens with zero attached hydrogens (tertiary/aromatic N) is 4. The molecule has 0 aliphatic carbocycles. The number of carbonyl (C=O) groups is 1. The first kappa shape index (κ1) is 19.5. The fourth-order valence-electron chi connectivity index (χ4n) is 2.74. The summed E-state index contributed by atoms with van der Waals surface area (Å²) in [5, 5.41) is 22.5. The third-order valence-corrected chi connectivity index (χ3v) is 4.23. The molecule has 0 spiro atoms. The van der Waals surface area contributed by atoms with Crippen LogP contribution in [-0.2, 0) is 6.54 Å². The minimum Gasteiger partial charge on any atom is -0.491 e. The topological polar surface area (TPSA) is 116 Å². The van der Waals surface area contributed by atoms with Crippen LogP contribution in [0.5, 0.6) is 5.75 Å². The van der Waals surface area contributed by atoms with E-state index in [0.717, 1.165) is 11.3 Å². The minimum absolute atomic E-state index is 0.119. The standard InChI is InChI=1S/C20H23N5O3/c1-13(2)17-5-3-4-6-18(17)28-12-16(26)11-25-23-20(22-24-25)15-9-7-14(8-10-15)19(21)27/h3-10,13,16,26H,11-12H2,1-2H3,(H2,21,27)/t16-/m1/s1. The Balaban J connectivity index is 1.60. The maximum Gasteiger partial charge on any atom is 0.248 e. The van der Waals surface area contributed by atoms with E-state index in [1.165, 1.54) is 4.80 Å². The molecule has 1 aromatic heterocycles. The van der Waals surface area contributed by atoms with Crippen LogP contribution >= 0.6 is 0 Å². The highest BCUT2D eigenvalue weighted by molar-refractivity contribution is 5.93. The van der Waals surface area contributed by atoms with E-state index in [2.05, 4.69) is 29.3 Å². The summed E-state index contributed by atoms with van der Waals surface area (Å²) in [5.41, 5.74) is 7.43. The Morgan fingerprint density at radius 3 is 2.57 bits per heavy atom. The second kappa shape index (κ2) is 8.62. The van der Waals surface area contributed by atoms with Gasteiger partial charge in [-0.25, -0.2) is 0 Å². The first-order valence-corrected chi connectivity index (χ1v) is 9.02. The number of aromatic nitrogens is 4. The van der Waals surface area contributed by atoms with Crippen molar-refractivity contribution in [2.75, 3.05) is 6.61 Å². The molecule has 3 rings (SSSR count). The largest absolute Gasteiger partial charge is 0.491 e. The third-order valence-electron chi connectivity index (χ3n) is 4.23. The molecule has 0 bridgehead atoms.